The maximum Gasteiger partial charge on any atom is 0.0771 e. The van der Waals surface area contributed by atoms with E-state index in [2.05, 4.69) is 26.1 Å². The lowest BCUT2D eigenvalue weighted by molar-refractivity contribution is -0.00903. The van der Waals surface area contributed by atoms with Crippen LogP contribution in [0.25, 0.3) is 0 Å². The summed E-state index contributed by atoms with van der Waals surface area (Å²) in [6.45, 7) is 8.14. The minimum absolute atomic E-state index is 0.401. The lowest BCUT2D eigenvalue weighted by Gasteiger charge is -2.45. The Kier molecular flexibility index (Phi) is 3.26. The van der Waals surface area contributed by atoms with Gasteiger partial charge in [0.15, 0.2) is 0 Å². The van der Waals surface area contributed by atoms with Crippen molar-refractivity contribution in [3.63, 3.8) is 0 Å². The zero-order valence-electron chi connectivity index (χ0n) is 13.0. The van der Waals surface area contributed by atoms with Crippen molar-refractivity contribution in [2.45, 2.75) is 83.8 Å². The highest BCUT2D eigenvalue weighted by Gasteiger charge is 2.59. The van der Waals surface area contributed by atoms with E-state index in [1.165, 1.54) is 38.5 Å². The summed E-state index contributed by atoms with van der Waals surface area (Å²) in [5.74, 6) is 0.885. The van der Waals surface area contributed by atoms with E-state index in [1.54, 1.807) is 0 Å². The molecule has 0 aromatic rings. The van der Waals surface area contributed by atoms with Gasteiger partial charge in [0.2, 0.25) is 0 Å². The Morgan fingerprint density at radius 3 is 2.32 bits per heavy atom. The molecule has 3 saturated carbocycles. The highest BCUT2D eigenvalue weighted by Crippen LogP contribution is 2.62. The molecule has 2 bridgehead atoms. The minimum Gasteiger partial charge on any atom is -0.389 e. The summed E-state index contributed by atoms with van der Waals surface area (Å²) in [7, 11) is 0. The monoisotopic (exact) mass is 265 g/mol. The number of hydrogen-bond donors (Lipinski definition) is 2. The molecule has 0 amide bonds. The average Bonchev–Trinajstić information content (AvgIpc) is 2.80. The first-order valence-corrected chi connectivity index (χ1v) is 8.32. The Morgan fingerprint density at radius 2 is 1.74 bits per heavy atom. The van der Waals surface area contributed by atoms with Crippen molar-refractivity contribution in [3.05, 3.63) is 0 Å². The maximum absolute atomic E-state index is 10.7. The largest absolute Gasteiger partial charge is 0.389 e. The normalized spacial score (nSPS) is 43.6. The van der Waals surface area contributed by atoms with E-state index in [-0.39, 0.29) is 0 Å². The van der Waals surface area contributed by atoms with Gasteiger partial charge in [0.1, 0.15) is 0 Å². The molecule has 3 fully saturated rings. The highest BCUT2D eigenvalue weighted by atomic mass is 16.3. The van der Waals surface area contributed by atoms with E-state index < -0.39 is 5.60 Å². The van der Waals surface area contributed by atoms with Crippen LogP contribution in [-0.4, -0.2) is 23.3 Å². The van der Waals surface area contributed by atoms with Crippen LogP contribution in [0.5, 0.6) is 0 Å². The molecule has 0 aromatic carbocycles. The molecule has 3 aliphatic carbocycles. The van der Waals surface area contributed by atoms with E-state index in [4.69, 9.17) is 0 Å². The Bertz CT molecular complexity index is 340. The summed E-state index contributed by atoms with van der Waals surface area (Å²) in [6.07, 6.45) is 9.86. The third kappa shape index (κ3) is 2.25. The second kappa shape index (κ2) is 4.46. The van der Waals surface area contributed by atoms with Crippen LogP contribution < -0.4 is 5.32 Å². The average molecular weight is 265 g/mol. The number of aliphatic hydroxyl groups is 1. The van der Waals surface area contributed by atoms with Gasteiger partial charge in [0, 0.05) is 12.6 Å². The number of hydrogen-bond acceptors (Lipinski definition) is 2. The summed E-state index contributed by atoms with van der Waals surface area (Å²) in [5, 5.41) is 14.5. The summed E-state index contributed by atoms with van der Waals surface area (Å²) < 4.78 is 0. The maximum atomic E-state index is 10.7. The van der Waals surface area contributed by atoms with Crippen molar-refractivity contribution in [2.24, 2.45) is 16.7 Å². The molecule has 0 aliphatic heterocycles. The molecule has 3 atom stereocenters. The zero-order chi connectivity index (χ0) is 13.7. The standard InChI is InChI=1S/C17H31NO/c1-15(2)13-7-10-16(3,11-13)14(15)18-12-17(19)8-5-4-6-9-17/h13-14,18-19H,4-12H2,1-3H3/t13-,14?,16+/m0/s1. The lowest BCUT2D eigenvalue weighted by atomic mass is 9.68. The van der Waals surface area contributed by atoms with Crippen molar-refractivity contribution < 1.29 is 5.11 Å². The zero-order valence-corrected chi connectivity index (χ0v) is 13.0. The van der Waals surface area contributed by atoms with Crippen LogP contribution in [-0.2, 0) is 0 Å². The fraction of sp³-hybridized carbons (Fsp3) is 1.00. The molecule has 110 valence electrons. The molecule has 3 rings (SSSR count). The molecule has 0 spiro atoms. The van der Waals surface area contributed by atoms with Crippen molar-refractivity contribution in [3.8, 4) is 0 Å². The quantitative estimate of drug-likeness (QED) is 0.819. The topological polar surface area (TPSA) is 32.3 Å². The van der Waals surface area contributed by atoms with Gasteiger partial charge in [-0.05, 0) is 48.9 Å². The van der Waals surface area contributed by atoms with Gasteiger partial charge in [-0.1, -0.05) is 40.0 Å². The molecule has 0 aromatic heterocycles. The molecule has 0 radical (unpaired) electrons. The van der Waals surface area contributed by atoms with Gasteiger partial charge in [-0.2, -0.15) is 0 Å². The predicted molar refractivity (Wildman–Crippen MR) is 79.1 cm³/mol. The Hall–Kier alpha value is -0.0800. The summed E-state index contributed by atoms with van der Waals surface area (Å²) >= 11 is 0. The Morgan fingerprint density at radius 1 is 1.05 bits per heavy atom. The van der Waals surface area contributed by atoms with Gasteiger partial charge in [-0.15, -0.1) is 0 Å². The summed E-state index contributed by atoms with van der Waals surface area (Å²) in [4.78, 5) is 0. The fourth-order valence-corrected chi connectivity index (χ4v) is 5.49. The van der Waals surface area contributed by atoms with Crippen LogP contribution in [0.1, 0.15) is 72.1 Å². The molecular formula is C17H31NO. The highest BCUT2D eigenvalue weighted by molar-refractivity contribution is 5.12. The van der Waals surface area contributed by atoms with Crippen LogP contribution in [0.2, 0.25) is 0 Å². The van der Waals surface area contributed by atoms with Crippen LogP contribution in [0.15, 0.2) is 0 Å². The summed E-state index contributed by atoms with van der Waals surface area (Å²) in [5.41, 5.74) is 0.448. The fourth-order valence-electron chi connectivity index (χ4n) is 5.49. The van der Waals surface area contributed by atoms with Crippen LogP contribution in [0.3, 0.4) is 0 Å². The van der Waals surface area contributed by atoms with E-state index in [0.29, 0.717) is 16.9 Å². The van der Waals surface area contributed by atoms with Gasteiger partial charge in [0.25, 0.3) is 0 Å². The predicted octanol–water partition coefficient (Wildman–Crippen LogP) is 3.49. The van der Waals surface area contributed by atoms with Gasteiger partial charge in [-0.3, -0.25) is 0 Å². The van der Waals surface area contributed by atoms with E-state index >= 15 is 0 Å². The van der Waals surface area contributed by atoms with Gasteiger partial charge < -0.3 is 10.4 Å². The van der Waals surface area contributed by atoms with Gasteiger partial charge >= 0.3 is 0 Å². The minimum atomic E-state index is -0.424. The SMILES string of the molecule is CC1(C)C(NCC2(O)CCCCC2)[C@]2(C)CC[C@H]1C2. The molecule has 0 heterocycles. The molecule has 2 heteroatoms. The summed E-state index contributed by atoms with van der Waals surface area (Å²) in [6, 6.07) is 0.588. The molecule has 19 heavy (non-hydrogen) atoms. The van der Waals surface area contributed by atoms with Gasteiger partial charge in [-0.25, -0.2) is 0 Å². The molecule has 2 N–H and O–H groups in total. The Balaban J connectivity index is 1.66. The van der Waals surface area contributed by atoms with Crippen molar-refractivity contribution in [1.82, 2.24) is 5.32 Å². The Labute approximate surface area is 118 Å². The van der Waals surface area contributed by atoms with Crippen molar-refractivity contribution >= 4 is 0 Å². The number of fused-ring (bicyclic) bond motifs is 2. The smallest absolute Gasteiger partial charge is 0.0771 e. The first-order valence-electron chi connectivity index (χ1n) is 8.32. The lowest BCUT2D eigenvalue weighted by Crippen LogP contribution is -2.55. The second-order valence-corrected chi connectivity index (χ2v) is 8.51. The second-order valence-electron chi connectivity index (χ2n) is 8.51. The van der Waals surface area contributed by atoms with Crippen LogP contribution in [0.4, 0.5) is 0 Å². The number of nitrogens with one attached hydrogen (secondary N) is 1. The van der Waals surface area contributed by atoms with E-state index in [1.807, 2.05) is 0 Å². The first-order chi connectivity index (χ1) is 8.86. The van der Waals surface area contributed by atoms with Crippen LogP contribution >= 0.6 is 0 Å². The molecular weight excluding hydrogens is 234 g/mol. The van der Waals surface area contributed by atoms with Crippen molar-refractivity contribution in [2.75, 3.05) is 6.54 Å². The number of rotatable bonds is 3. The molecule has 0 saturated heterocycles. The molecule has 1 unspecified atom stereocenters. The van der Waals surface area contributed by atoms with Gasteiger partial charge in [0.05, 0.1) is 5.60 Å². The van der Waals surface area contributed by atoms with Crippen molar-refractivity contribution in [1.29, 1.82) is 0 Å². The molecule has 3 aliphatic rings. The third-order valence-electron chi connectivity index (χ3n) is 6.69. The first kappa shape index (κ1) is 13.9. The molecule has 2 nitrogen and oxygen atoms in total. The van der Waals surface area contributed by atoms with Crippen LogP contribution in [0, 0.1) is 16.7 Å². The van der Waals surface area contributed by atoms with E-state index in [0.717, 1.165) is 25.3 Å². The third-order valence-corrected chi connectivity index (χ3v) is 6.69. The van der Waals surface area contributed by atoms with E-state index in [9.17, 15) is 5.11 Å².